The quantitative estimate of drug-likeness (QED) is 0.161. The van der Waals surface area contributed by atoms with Crippen LogP contribution in [0.25, 0.3) is 0 Å². The van der Waals surface area contributed by atoms with E-state index in [0.29, 0.717) is 12.2 Å². The zero-order valence-corrected chi connectivity index (χ0v) is 21.3. The van der Waals surface area contributed by atoms with Gasteiger partial charge in [-0.25, -0.2) is 0 Å². The number of ether oxygens (including phenoxy) is 2. The summed E-state index contributed by atoms with van der Waals surface area (Å²) in [6, 6.07) is 4.20. The fourth-order valence-electron chi connectivity index (χ4n) is 2.99. The molecule has 1 aromatic rings. The Morgan fingerprint density at radius 1 is 0.692 bits per heavy atom. The van der Waals surface area contributed by atoms with Crippen molar-refractivity contribution >= 4 is 45.2 Å². The highest BCUT2D eigenvalue weighted by Gasteiger charge is 2.17. The summed E-state index contributed by atoms with van der Waals surface area (Å²) in [7, 11) is 0. The van der Waals surface area contributed by atoms with Crippen LogP contribution in [0.15, 0.2) is 12.1 Å². The van der Waals surface area contributed by atoms with Gasteiger partial charge in [-0.2, -0.15) is 0 Å². The lowest BCUT2D eigenvalue weighted by Crippen LogP contribution is -2.18. The topological polar surface area (TPSA) is 18.5 Å². The van der Waals surface area contributed by atoms with Crippen molar-refractivity contribution in [3.8, 4) is 11.5 Å². The van der Waals surface area contributed by atoms with Crippen molar-refractivity contribution in [3.63, 3.8) is 0 Å². The van der Waals surface area contributed by atoms with Crippen molar-refractivity contribution in [2.45, 2.75) is 104 Å². The van der Waals surface area contributed by atoms with Gasteiger partial charge in [0, 0.05) is 0 Å². The minimum absolute atomic E-state index is 0.315. The van der Waals surface area contributed by atoms with Gasteiger partial charge in [-0.1, -0.05) is 53.4 Å². The molecule has 0 bridgehead atoms. The SMILES string of the molecule is CCCCCC(CC)Oc1ccc(OC(CC)CCCCC)c(I)c1I. The lowest BCUT2D eigenvalue weighted by atomic mass is 10.1. The maximum absolute atomic E-state index is 6.32. The van der Waals surface area contributed by atoms with E-state index in [1.807, 2.05) is 0 Å². The fourth-order valence-corrected chi connectivity index (χ4v) is 4.14. The summed E-state index contributed by atoms with van der Waals surface area (Å²) < 4.78 is 15.0. The molecule has 0 saturated carbocycles. The van der Waals surface area contributed by atoms with Crippen LogP contribution in [0.5, 0.6) is 11.5 Å². The van der Waals surface area contributed by atoms with E-state index < -0.39 is 0 Å². The van der Waals surface area contributed by atoms with Crippen LogP contribution in [-0.2, 0) is 0 Å². The summed E-state index contributed by atoms with van der Waals surface area (Å²) >= 11 is 4.81. The first-order valence-corrected chi connectivity index (χ1v) is 12.5. The number of hydrogen-bond acceptors (Lipinski definition) is 2. The molecule has 2 unspecified atom stereocenters. The van der Waals surface area contributed by atoms with Crippen molar-refractivity contribution in [3.05, 3.63) is 19.3 Å². The Kier molecular flexibility index (Phi) is 13.4. The van der Waals surface area contributed by atoms with Crippen molar-refractivity contribution in [1.82, 2.24) is 0 Å². The Bertz CT molecular complexity index is 460. The van der Waals surface area contributed by atoms with Crippen LogP contribution >= 0.6 is 45.2 Å². The molecule has 0 amide bonds. The Morgan fingerprint density at radius 2 is 1.08 bits per heavy atom. The van der Waals surface area contributed by atoms with Crippen molar-refractivity contribution in [2.75, 3.05) is 0 Å². The fraction of sp³-hybridized carbons (Fsp3) is 0.727. The van der Waals surface area contributed by atoms with Gasteiger partial charge in [0.15, 0.2) is 0 Å². The number of rotatable bonds is 14. The minimum Gasteiger partial charge on any atom is -0.489 e. The van der Waals surface area contributed by atoms with E-state index in [0.717, 1.165) is 37.2 Å². The summed E-state index contributed by atoms with van der Waals surface area (Å²) in [6.45, 7) is 8.93. The first kappa shape index (κ1) is 24.3. The summed E-state index contributed by atoms with van der Waals surface area (Å²) in [6.07, 6.45) is 12.6. The maximum atomic E-state index is 6.32. The molecule has 0 radical (unpaired) electrons. The lowest BCUT2D eigenvalue weighted by Gasteiger charge is -2.22. The monoisotopic (exact) mass is 586 g/mol. The molecule has 4 heteroatoms. The van der Waals surface area contributed by atoms with Gasteiger partial charge in [0.2, 0.25) is 0 Å². The Labute approximate surface area is 188 Å². The second-order valence-corrected chi connectivity index (χ2v) is 9.14. The van der Waals surface area contributed by atoms with Crippen LogP contribution in [0.4, 0.5) is 0 Å². The van der Waals surface area contributed by atoms with Crippen LogP contribution < -0.4 is 9.47 Å². The van der Waals surface area contributed by atoms with E-state index in [2.05, 4.69) is 85.0 Å². The summed E-state index contributed by atoms with van der Waals surface area (Å²) in [5.41, 5.74) is 0. The number of hydrogen-bond donors (Lipinski definition) is 0. The van der Waals surface area contributed by atoms with E-state index in [4.69, 9.17) is 9.47 Å². The summed E-state index contributed by atoms with van der Waals surface area (Å²) in [4.78, 5) is 0. The van der Waals surface area contributed by atoms with Gasteiger partial charge in [0.05, 0.1) is 19.3 Å². The van der Waals surface area contributed by atoms with E-state index in [-0.39, 0.29) is 0 Å². The Hall–Kier alpha value is 0.280. The molecule has 0 heterocycles. The van der Waals surface area contributed by atoms with Crippen molar-refractivity contribution in [1.29, 1.82) is 0 Å². The molecule has 26 heavy (non-hydrogen) atoms. The van der Waals surface area contributed by atoms with E-state index in [1.165, 1.54) is 45.7 Å². The molecule has 2 nitrogen and oxygen atoms in total. The first-order valence-electron chi connectivity index (χ1n) is 10.4. The lowest BCUT2D eigenvalue weighted by molar-refractivity contribution is 0.174. The van der Waals surface area contributed by atoms with Gasteiger partial charge < -0.3 is 9.47 Å². The average Bonchev–Trinajstić information content (AvgIpc) is 2.65. The van der Waals surface area contributed by atoms with Gasteiger partial charge in [-0.05, 0) is 95.8 Å². The molecule has 1 aromatic carbocycles. The highest BCUT2D eigenvalue weighted by molar-refractivity contribution is 14.1. The minimum atomic E-state index is 0.315. The molecular formula is C22H36I2O2. The third-order valence-corrected chi connectivity index (χ3v) is 7.94. The maximum Gasteiger partial charge on any atom is 0.134 e. The molecule has 0 fully saturated rings. The highest BCUT2D eigenvalue weighted by atomic mass is 127. The van der Waals surface area contributed by atoms with E-state index in [9.17, 15) is 0 Å². The second kappa shape index (κ2) is 14.3. The third kappa shape index (κ3) is 8.53. The van der Waals surface area contributed by atoms with Crippen LogP contribution in [0.1, 0.15) is 91.9 Å². The number of unbranched alkanes of at least 4 members (excludes halogenated alkanes) is 4. The average molecular weight is 586 g/mol. The van der Waals surface area contributed by atoms with Crippen LogP contribution in [0.3, 0.4) is 0 Å². The zero-order valence-electron chi connectivity index (χ0n) is 17.0. The van der Waals surface area contributed by atoms with Crippen LogP contribution in [-0.4, -0.2) is 12.2 Å². The molecule has 0 aliphatic rings. The van der Waals surface area contributed by atoms with Crippen molar-refractivity contribution in [2.24, 2.45) is 0 Å². The predicted molar refractivity (Wildman–Crippen MR) is 130 cm³/mol. The van der Waals surface area contributed by atoms with Crippen LogP contribution in [0, 0.1) is 7.14 Å². The number of benzene rings is 1. The van der Waals surface area contributed by atoms with Gasteiger partial charge >= 0.3 is 0 Å². The standard InChI is InChI=1S/C22H36I2O2/c1-5-9-11-13-17(7-3)25-19-15-16-20(22(24)21(19)23)26-18(8-4)14-12-10-6-2/h15-18H,5-14H2,1-4H3. The van der Waals surface area contributed by atoms with Gasteiger partial charge in [0.25, 0.3) is 0 Å². The molecule has 0 spiro atoms. The number of halogens is 2. The van der Waals surface area contributed by atoms with Gasteiger partial charge in [-0.15, -0.1) is 0 Å². The smallest absolute Gasteiger partial charge is 0.134 e. The molecule has 0 N–H and O–H groups in total. The van der Waals surface area contributed by atoms with E-state index >= 15 is 0 Å². The molecule has 1 rings (SSSR count). The normalized spacial score (nSPS) is 13.5. The Balaban J connectivity index is 2.73. The third-order valence-electron chi connectivity index (χ3n) is 4.77. The largest absolute Gasteiger partial charge is 0.489 e. The predicted octanol–water partition coefficient (Wildman–Crippen LogP) is 8.37. The molecule has 0 aliphatic carbocycles. The van der Waals surface area contributed by atoms with Crippen LogP contribution in [0.2, 0.25) is 0 Å². The summed E-state index contributed by atoms with van der Waals surface area (Å²) in [5, 5.41) is 0. The van der Waals surface area contributed by atoms with Gasteiger partial charge in [0.1, 0.15) is 11.5 Å². The molecule has 0 aliphatic heterocycles. The molecular weight excluding hydrogens is 550 g/mol. The van der Waals surface area contributed by atoms with Gasteiger partial charge in [-0.3, -0.25) is 0 Å². The van der Waals surface area contributed by atoms with Crippen molar-refractivity contribution < 1.29 is 9.47 Å². The highest BCUT2D eigenvalue weighted by Crippen LogP contribution is 2.35. The van der Waals surface area contributed by atoms with E-state index in [1.54, 1.807) is 0 Å². The molecule has 0 aromatic heterocycles. The summed E-state index contributed by atoms with van der Waals surface area (Å²) in [5.74, 6) is 2.01. The molecule has 0 saturated heterocycles. The molecule has 150 valence electrons. The molecule has 2 atom stereocenters. The zero-order chi connectivity index (χ0) is 19.4. The first-order chi connectivity index (χ1) is 12.6. The Morgan fingerprint density at radius 3 is 1.38 bits per heavy atom. The second-order valence-electron chi connectivity index (χ2n) is 6.98.